The maximum atomic E-state index is 11.4. The third-order valence-corrected chi connectivity index (χ3v) is 2.58. The summed E-state index contributed by atoms with van der Waals surface area (Å²) in [6, 6.07) is -1.10. The van der Waals surface area contributed by atoms with Crippen molar-refractivity contribution in [3.8, 4) is 0 Å². The molecule has 0 bridgehead atoms. The smallest absolute Gasteiger partial charge is 0.332 e. The van der Waals surface area contributed by atoms with Gasteiger partial charge < -0.3 is 26.2 Å². The molecule has 0 aromatic rings. The number of rotatable bonds is 5. The lowest BCUT2D eigenvalue weighted by Gasteiger charge is -2.22. The molecule has 1 heterocycles. The first-order valence-corrected chi connectivity index (χ1v) is 5.73. The molecule has 8 heteroatoms. The Balaban J connectivity index is 2.21. The second-order valence-corrected chi connectivity index (χ2v) is 4.03. The molecule has 1 saturated heterocycles. The summed E-state index contributed by atoms with van der Waals surface area (Å²) >= 11 is 0. The van der Waals surface area contributed by atoms with Crippen LogP contribution in [0, 0.1) is 0 Å². The van der Waals surface area contributed by atoms with Crippen LogP contribution in [-0.2, 0) is 9.59 Å². The molecular formula is C10H17N3O5. The van der Waals surface area contributed by atoms with Crippen molar-refractivity contribution in [2.75, 3.05) is 13.1 Å². The van der Waals surface area contributed by atoms with Crippen LogP contribution in [-0.4, -0.2) is 53.4 Å². The maximum Gasteiger partial charge on any atom is 0.332 e. The lowest BCUT2D eigenvalue weighted by molar-refractivity contribution is -0.146. The minimum Gasteiger partial charge on any atom is -0.479 e. The third-order valence-electron chi connectivity index (χ3n) is 2.58. The van der Waals surface area contributed by atoms with Crippen molar-refractivity contribution in [3.63, 3.8) is 0 Å². The molecule has 0 aromatic heterocycles. The predicted molar refractivity (Wildman–Crippen MR) is 60.8 cm³/mol. The number of hydrogen-bond acceptors (Lipinski definition) is 4. The molecule has 3 amide bonds. The van der Waals surface area contributed by atoms with Gasteiger partial charge in [-0.3, -0.25) is 4.79 Å². The van der Waals surface area contributed by atoms with Gasteiger partial charge in [0.15, 0.2) is 6.10 Å². The van der Waals surface area contributed by atoms with E-state index in [0.717, 1.165) is 6.42 Å². The zero-order valence-electron chi connectivity index (χ0n) is 9.81. The van der Waals surface area contributed by atoms with Crippen molar-refractivity contribution >= 4 is 17.9 Å². The second-order valence-electron chi connectivity index (χ2n) is 4.03. The number of carboxylic acids is 1. The van der Waals surface area contributed by atoms with Gasteiger partial charge in [0.2, 0.25) is 5.91 Å². The Hall–Kier alpha value is -1.83. The number of aliphatic hydroxyl groups is 1. The van der Waals surface area contributed by atoms with Gasteiger partial charge in [0.05, 0.1) is 0 Å². The molecular weight excluding hydrogens is 242 g/mol. The molecule has 102 valence electrons. The molecule has 0 aliphatic carbocycles. The Morgan fingerprint density at radius 3 is 2.83 bits per heavy atom. The zero-order chi connectivity index (χ0) is 13.5. The van der Waals surface area contributed by atoms with Crippen LogP contribution < -0.4 is 16.0 Å². The molecule has 1 aliphatic rings. The van der Waals surface area contributed by atoms with E-state index in [1.807, 2.05) is 0 Å². The van der Waals surface area contributed by atoms with E-state index in [9.17, 15) is 14.4 Å². The topological polar surface area (TPSA) is 128 Å². The Morgan fingerprint density at radius 2 is 2.22 bits per heavy atom. The van der Waals surface area contributed by atoms with Gasteiger partial charge in [-0.15, -0.1) is 0 Å². The zero-order valence-corrected chi connectivity index (χ0v) is 9.81. The van der Waals surface area contributed by atoms with Crippen LogP contribution >= 0.6 is 0 Å². The minimum absolute atomic E-state index is 0.0215. The summed E-state index contributed by atoms with van der Waals surface area (Å²) in [5, 5.41) is 24.9. The van der Waals surface area contributed by atoms with Crippen molar-refractivity contribution in [3.05, 3.63) is 0 Å². The van der Waals surface area contributed by atoms with E-state index in [0.29, 0.717) is 13.0 Å². The molecule has 0 radical (unpaired) electrons. The molecule has 1 unspecified atom stereocenters. The highest BCUT2D eigenvalue weighted by Gasteiger charge is 2.23. The fourth-order valence-electron chi connectivity index (χ4n) is 1.56. The first kappa shape index (κ1) is 14.2. The molecule has 0 spiro atoms. The number of carbonyl (C=O) groups is 3. The number of amides is 3. The summed E-state index contributed by atoms with van der Waals surface area (Å²) in [6.45, 7) is 0.636. The number of hydrogen-bond donors (Lipinski definition) is 5. The number of piperidine rings is 1. The van der Waals surface area contributed by atoms with Gasteiger partial charge in [0.25, 0.3) is 0 Å². The fraction of sp³-hybridized carbons (Fsp3) is 0.700. The minimum atomic E-state index is -1.50. The van der Waals surface area contributed by atoms with E-state index in [-0.39, 0.29) is 18.9 Å². The molecule has 1 fully saturated rings. The highest BCUT2D eigenvalue weighted by molar-refractivity contribution is 5.87. The van der Waals surface area contributed by atoms with Crippen LogP contribution in [0.5, 0.6) is 0 Å². The number of aliphatic carboxylic acids is 1. The van der Waals surface area contributed by atoms with Crippen LogP contribution in [0.15, 0.2) is 0 Å². The molecule has 8 nitrogen and oxygen atoms in total. The molecule has 18 heavy (non-hydrogen) atoms. The van der Waals surface area contributed by atoms with Crippen LogP contribution in [0.1, 0.15) is 19.3 Å². The fourth-order valence-corrected chi connectivity index (χ4v) is 1.56. The number of urea groups is 1. The quantitative estimate of drug-likeness (QED) is 0.406. The maximum absolute atomic E-state index is 11.4. The number of carbonyl (C=O) groups excluding carboxylic acids is 2. The van der Waals surface area contributed by atoms with E-state index >= 15 is 0 Å². The third kappa shape index (κ3) is 4.58. The first-order chi connectivity index (χ1) is 8.50. The van der Waals surface area contributed by atoms with Gasteiger partial charge in [0, 0.05) is 19.5 Å². The van der Waals surface area contributed by atoms with Crippen molar-refractivity contribution in [1.82, 2.24) is 16.0 Å². The van der Waals surface area contributed by atoms with Gasteiger partial charge in [0.1, 0.15) is 6.04 Å². The van der Waals surface area contributed by atoms with E-state index in [1.54, 1.807) is 0 Å². The van der Waals surface area contributed by atoms with E-state index in [1.165, 1.54) is 0 Å². The molecule has 0 aromatic carbocycles. The largest absolute Gasteiger partial charge is 0.479 e. The Labute approximate surface area is 104 Å². The summed E-state index contributed by atoms with van der Waals surface area (Å²) in [5.74, 6) is -1.55. The summed E-state index contributed by atoms with van der Waals surface area (Å²) in [4.78, 5) is 33.0. The van der Waals surface area contributed by atoms with Crippen molar-refractivity contribution in [2.45, 2.75) is 31.4 Å². The van der Waals surface area contributed by atoms with E-state index in [4.69, 9.17) is 10.2 Å². The SMILES string of the molecule is O=C(NCC[C@H](O)C(=O)O)NC1CCCNC1=O. The second kappa shape index (κ2) is 6.80. The summed E-state index contributed by atoms with van der Waals surface area (Å²) in [7, 11) is 0. The Kier molecular flexibility index (Phi) is 5.37. The molecule has 5 N–H and O–H groups in total. The van der Waals surface area contributed by atoms with E-state index < -0.39 is 24.1 Å². The normalized spacial score (nSPS) is 20.7. The highest BCUT2D eigenvalue weighted by atomic mass is 16.4. The van der Waals surface area contributed by atoms with Crippen molar-refractivity contribution in [2.24, 2.45) is 0 Å². The summed E-state index contributed by atoms with van der Waals surface area (Å²) in [5.41, 5.74) is 0. The standard InChI is InChI=1S/C10H17N3O5/c14-7(9(16)17)3-5-12-10(18)13-6-2-1-4-11-8(6)15/h6-7,14H,1-5H2,(H,11,15)(H,16,17)(H2,12,13,18)/t6?,7-/m0/s1. The lowest BCUT2D eigenvalue weighted by atomic mass is 10.1. The van der Waals surface area contributed by atoms with Crippen LogP contribution in [0.4, 0.5) is 4.79 Å². The van der Waals surface area contributed by atoms with Gasteiger partial charge in [-0.1, -0.05) is 0 Å². The van der Waals surface area contributed by atoms with Crippen molar-refractivity contribution in [1.29, 1.82) is 0 Å². The lowest BCUT2D eigenvalue weighted by Crippen LogP contribution is -2.53. The van der Waals surface area contributed by atoms with Gasteiger partial charge in [-0.2, -0.15) is 0 Å². The first-order valence-electron chi connectivity index (χ1n) is 5.73. The monoisotopic (exact) mass is 259 g/mol. The summed E-state index contributed by atoms with van der Waals surface area (Å²) < 4.78 is 0. The Morgan fingerprint density at radius 1 is 1.50 bits per heavy atom. The highest BCUT2D eigenvalue weighted by Crippen LogP contribution is 2.02. The molecule has 0 saturated carbocycles. The van der Waals surface area contributed by atoms with Crippen LogP contribution in [0.2, 0.25) is 0 Å². The molecule has 2 atom stereocenters. The van der Waals surface area contributed by atoms with Crippen molar-refractivity contribution < 1.29 is 24.6 Å². The Bertz CT molecular complexity index is 333. The number of nitrogens with one attached hydrogen (secondary N) is 3. The van der Waals surface area contributed by atoms with Gasteiger partial charge in [-0.25, -0.2) is 9.59 Å². The van der Waals surface area contributed by atoms with Gasteiger partial charge >= 0.3 is 12.0 Å². The average Bonchev–Trinajstić information content (AvgIpc) is 2.32. The molecule has 1 rings (SSSR count). The number of carboxylic acid groups (broad SMARTS) is 1. The molecule has 1 aliphatic heterocycles. The number of aliphatic hydroxyl groups excluding tert-OH is 1. The predicted octanol–water partition coefficient (Wildman–Crippen LogP) is -1.60. The van der Waals surface area contributed by atoms with Gasteiger partial charge in [-0.05, 0) is 12.8 Å². The van der Waals surface area contributed by atoms with Crippen LogP contribution in [0.3, 0.4) is 0 Å². The van der Waals surface area contributed by atoms with E-state index in [2.05, 4.69) is 16.0 Å². The van der Waals surface area contributed by atoms with Crippen LogP contribution in [0.25, 0.3) is 0 Å². The summed E-state index contributed by atoms with van der Waals surface area (Å²) in [6.07, 6.45) is -0.200. The average molecular weight is 259 g/mol.